The third-order valence-corrected chi connectivity index (χ3v) is 3.90. The topological polar surface area (TPSA) is 68.7 Å². The maximum absolute atomic E-state index is 12.3. The molecule has 3 rings (SSSR count). The van der Waals surface area contributed by atoms with E-state index in [1.807, 2.05) is 0 Å². The van der Waals surface area contributed by atoms with E-state index >= 15 is 0 Å². The molecule has 0 aliphatic carbocycles. The molecule has 1 aromatic carbocycles. The molecule has 1 aromatic heterocycles. The van der Waals surface area contributed by atoms with Crippen LogP contribution in [0.2, 0.25) is 5.02 Å². The van der Waals surface area contributed by atoms with Crippen LogP contribution in [-0.4, -0.2) is 48.1 Å². The van der Waals surface area contributed by atoms with Crippen LogP contribution in [0.15, 0.2) is 42.6 Å². The van der Waals surface area contributed by atoms with Gasteiger partial charge in [0.2, 0.25) is 5.88 Å². The second-order valence-electron chi connectivity index (χ2n) is 5.33. The van der Waals surface area contributed by atoms with E-state index in [1.54, 1.807) is 41.3 Å². The quantitative estimate of drug-likeness (QED) is 0.795. The minimum atomic E-state index is -0.429. The lowest BCUT2D eigenvalue weighted by Crippen LogP contribution is -2.56. The van der Waals surface area contributed by atoms with Crippen molar-refractivity contribution < 1.29 is 19.1 Å². The van der Waals surface area contributed by atoms with Gasteiger partial charge in [0.1, 0.15) is 6.10 Å². The van der Waals surface area contributed by atoms with Crippen LogP contribution in [0.4, 0.5) is 0 Å². The van der Waals surface area contributed by atoms with Gasteiger partial charge >= 0.3 is 5.97 Å². The normalized spacial score (nSPS) is 14.0. The van der Waals surface area contributed by atoms with E-state index in [1.165, 1.54) is 13.3 Å². The van der Waals surface area contributed by atoms with E-state index in [-0.39, 0.29) is 12.0 Å². The lowest BCUT2D eigenvalue weighted by Gasteiger charge is -2.38. The van der Waals surface area contributed by atoms with Gasteiger partial charge in [-0.15, -0.1) is 0 Å². The summed E-state index contributed by atoms with van der Waals surface area (Å²) in [6.45, 7) is 0.976. The second-order valence-corrected chi connectivity index (χ2v) is 5.77. The lowest BCUT2D eigenvalue weighted by atomic mass is 10.1. The summed E-state index contributed by atoms with van der Waals surface area (Å²) in [7, 11) is 1.32. The van der Waals surface area contributed by atoms with Crippen LogP contribution < -0.4 is 4.74 Å². The molecule has 1 aliphatic heterocycles. The van der Waals surface area contributed by atoms with Crippen LogP contribution in [0, 0.1) is 0 Å². The Kier molecular flexibility index (Phi) is 4.66. The van der Waals surface area contributed by atoms with E-state index in [9.17, 15) is 9.59 Å². The van der Waals surface area contributed by atoms with Gasteiger partial charge in [0.15, 0.2) is 0 Å². The molecule has 6 nitrogen and oxygen atoms in total. The van der Waals surface area contributed by atoms with Gasteiger partial charge in [-0.2, -0.15) is 0 Å². The van der Waals surface area contributed by atoms with Crippen molar-refractivity contribution in [1.29, 1.82) is 0 Å². The fourth-order valence-electron chi connectivity index (χ4n) is 2.33. The van der Waals surface area contributed by atoms with Crippen molar-refractivity contribution in [3.05, 3.63) is 58.7 Å². The van der Waals surface area contributed by atoms with Crippen molar-refractivity contribution in [2.24, 2.45) is 0 Å². The first kappa shape index (κ1) is 16.3. The molecular formula is C17H15ClN2O4. The number of pyridine rings is 1. The van der Waals surface area contributed by atoms with Crippen molar-refractivity contribution in [3.63, 3.8) is 0 Å². The van der Waals surface area contributed by atoms with Crippen LogP contribution in [0.3, 0.4) is 0 Å². The monoisotopic (exact) mass is 346 g/mol. The molecule has 0 spiro atoms. The van der Waals surface area contributed by atoms with Crippen LogP contribution in [0.1, 0.15) is 20.7 Å². The summed E-state index contributed by atoms with van der Waals surface area (Å²) in [4.78, 5) is 29.5. The number of carbonyl (C=O) groups is 2. The molecule has 0 atom stereocenters. The van der Waals surface area contributed by atoms with Gasteiger partial charge in [-0.3, -0.25) is 4.79 Å². The van der Waals surface area contributed by atoms with E-state index in [4.69, 9.17) is 16.3 Å². The molecule has 24 heavy (non-hydrogen) atoms. The SMILES string of the molecule is COC(=O)c1ccc(C(=O)N2CC(Oc3ccc(Cl)cn3)C2)cc1. The van der Waals surface area contributed by atoms with Crippen molar-refractivity contribution in [2.45, 2.75) is 6.10 Å². The Hall–Kier alpha value is -2.60. The molecule has 0 unspecified atom stereocenters. The molecule has 0 saturated carbocycles. The predicted octanol–water partition coefficient (Wildman–Crippen LogP) is 2.43. The van der Waals surface area contributed by atoms with Crippen LogP contribution in [0.5, 0.6) is 5.88 Å². The number of hydrogen-bond donors (Lipinski definition) is 0. The average molecular weight is 347 g/mol. The first-order chi connectivity index (χ1) is 11.6. The molecule has 7 heteroatoms. The van der Waals surface area contributed by atoms with E-state index < -0.39 is 5.97 Å². The molecule has 1 fully saturated rings. The summed E-state index contributed by atoms with van der Waals surface area (Å²) in [5.41, 5.74) is 0.929. The molecule has 1 amide bonds. The number of amides is 1. The highest BCUT2D eigenvalue weighted by atomic mass is 35.5. The van der Waals surface area contributed by atoms with Gasteiger partial charge in [0, 0.05) is 17.8 Å². The summed E-state index contributed by atoms with van der Waals surface area (Å²) in [5.74, 6) is -0.0452. The molecule has 124 valence electrons. The Morgan fingerprint density at radius 2 is 1.79 bits per heavy atom. The van der Waals surface area contributed by atoms with Gasteiger partial charge in [0.25, 0.3) is 5.91 Å². The van der Waals surface area contributed by atoms with Crippen molar-refractivity contribution in [1.82, 2.24) is 9.88 Å². The van der Waals surface area contributed by atoms with Crippen LogP contribution in [0.25, 0.3) is 0 Å². The molecule has 0 N–H and O–H groups in total. The number of rotatable bonds is 4. The molecule has 1 saturated heterocycles. The Morgan fingerprint density at radius 1 is 1.12 bits per heavy atom. The van der Waals surface area contributed by atoms with Gasteiger partial charge in [-0.25, -0.2) is 9.78 Å². The maximum Gasteiger partial charge on any atom is 0.337 e. The Morgan fingerprint density at radius 3 is 2.38 bits per heavy atom. The van der Waals surface area contributed by atoms with E-state index in [2.05, 4.69) is 9.72 Å². The highest BCUT2D eigenvalue weighted by Gasteiger charge is 2.33. The minimum absolute atomic E-state index is 0.0861. The molecule has 1 aliphatic rings. The molecule has 0 bridgehead atoms. The van der Waals surface area contributed by atoms with Gasteiger partial charge in [-0.1, -0.05) is 11.6 Å². The number of benzene rings is 1. The molecular weight excluding hydrogens is 332 g/mol. The third-order valence-electron chi connectivity index (χ3n) is 3.68. The smallest absolute Gasteiger partial charge is 0.337 e. The summed E-state index contributed by atoms with van der Waals surface area (Å²) in [6.07, 6.45) is 1.43. The average Bonchev–Trinajstić information content (AvgIpc) is 2.58. The summed E-state index contributed by atoms with van der Waals surface area (Å²) in [6, 6.07) is 9.77. The third kappa shape index (κ3) is 3.49. The largest absolute Gasteiger partial charge is 0.471 e. The van der Waals surface area contributed by atoms with Crippen molar-refractivity contribution >= 4 is 23.5 Å². The molecule has 2 aromatic rings. The van der Waals surface area contributed by atoms with Crippen molar-refractivity contribution in [3.8, 4) is 5.88 Å². The lowest BCUT2D eigenvalue weighted by molar-refractivity contribution is 0.0160. The Labute approximate surface area is 144 Å². The maximum atomic E-state index is 12.3. The second kappa shape index (κ2) is 6.88. The minimum Gasteiger partial charge on any atom is -0.471 e. The fourth-order valence-corrected chi connectivity index (χ4v) is 2.44. The number of methoxy groups -OCH3 is 1. The highest BCUT2D eigenvalue weighted by Crippen LogP contribution is 2.20. The Balaban J connectivity index is 1.54. The standard InChI is InChI=1S/C17H15ClN2O4/c1-23-17(22)12-4-2-11(3-5-12)16(21)20-9-14(10-20)24-15-7-6-13(18)8-19-15/h2-8,14H,9-10H2,1H3. The summed E-state index contributed by atoms with van der Waals surface area (Å²) >= 11 is 5.77. The zero-order chi connectivity index (χ0) is 17.1. The number of likely N-dealkylation sites (tertiary alicyclic amines) is 1. The Bertz CT molecular complexity index is 740. The van der Waals surface area contributed by atoms with Gasteiger partial charge < -0.3 is 14.4 Å². The number of nitrogens with zero attached hydrogens (tertiary/aromatic N) is 2. The number of esters is 1. The summed E-state index contributed by atoms with van der Waals surface area (Å²) < 4.78 is 10.3. The van der Waals surface area contributed by atoms with Crippen molar-refractivity contribution in [2.75, 3.05) is 20.2 Å². The first-order valence-electron chi connectivity index (χ1n) is 7.32. The summed E-state index contributed by atoms with van der Waals surface area (Å²) in [5, 5.41) is 0.545. The predicted molar refractivity (Wildman–Crippen MR) is 87.3 cm³/mol. The number of hydrogen-bond acceptors (Lipinski definition) is 5. The van der Waals surface area contributed by atoms with Gasteiger partial charge in [0.05, 0.1) is 30.8 Å². The van der Waals surface area contributed by atoms with Gasteiger partial charge in [-0.05, 0) is 30.3 Å². The van der Waals surface area contributed by atoms with E-state index in [0.717, 1.165) is 0 Å². The highest BCUT2D eigenvalue weighted by molar-refractivity contribution is 6.30. The molecule has 0 radical (unpaired) electrons. The van der Waals surface area contributed by atoms with E-state index in [0.29, 0.717) is 35.1 Å². The van der Waals surface area contributed by atoms with Crippen LogP contribution >= 0.6 is 11.6 Å². The fraction of sp³-hybridized carbons (Fsp3) is 0.235. The zero-order valence-electron chi connectivity index (χ0n) is 12.9. The molecule has 2 heterocycles. The number of carbonyl (C=O) groups excluding carboxylic acids is 2. The number of halogens is 1. The number of aromatic nitrogens is 1. The first-order valence-corrected chi connectivity index (χ1v) is 7.70. The van der Waals surface area contributed by atoms with Crippen LogP contribution in [-0.2, 0) is 4.74 Å². The number of ether oxygens (including phenoxy) is 2. The zero-order valence-corrected chi connectivity index (χ0v) is 13.7.